The van der Waals surface area contributed by atoms with Gasteiger partial charge in [-0.05, 0) is 49.6 Å². The first-order valence-electron chi connectivity index (χ1n) is 7.49. The molecule has 0 saturated carbocycles. The Morgan fingerprint density at radius 3 is 2.38 bits per heavy atom. The minimum Gasteiger partial charge on any atom is -0.507 e. The molecule has 0 unspecified atom stereocenters. The maximum Gasteiger partial charge on any atom is 0.340 e. The third-order valence-corrected chi connectivity index (χ3v) is 3.46. The molecule has 0 aromatic heterocycles. The predicted molar refractivity (Wildman–Crippen MR) is 90.9 cm³/mol. The molecule has 24 heavy (non-hydrogen) atoms. The average Bonchev–Trinajstić information content (AvgIpc) is 2.49. The molecular formula is C19H19FO4. The van der Waals surface area contributed by atoms with E-state index >= 15 is 0 Å². The van der Waals surface area contributed by atoms with E-state index in [-0.39, 0.29) is 23.2 Å². The molecule has 0 spiro atoms. The molecular weight excluding hydrogens is 311 g/mol. The molecule has 0 amide bonds. The van der Waals surface area contributed by atoms with Crippen molar-refractivity contribution in [1.82, 2.24) is 0 Å². The van der Waals surface area contributed by atoms with Crippen LogP contribution in [0, 0.1) is 12.7 Å². The standard InChI is InChI=1S/C19H19FO4/c1-11(2)24-17-10-16(21)18(19(22)23)15(12(17)3)9-6-13-4-7-14(20)8-5-13/h4-11,21H,1-3H3,(H,22,23). The number of rotatable bonds is 5. The maximum atomic E-state index is 13.0. The van der Waals surface area contributed by atoms with E-state index in [9.17, 15) is 19.4 Å². The van der Waals surface area contributed by atoms with Gasteiger partial charge in [0, 0.05) is 6.07 Å². The van der Waals surface area contributed by atoms with Crippen LogP contribution in [0.1, 0.15) is 40.9 Å². The largest absolute Gasteiger partial charge is 0.507 e. The number of halogens is 1. The quantitative estimate of drug-likeness (QED) is 0.792. The first kappa shape index (κ1) is 17.5. The lowest BCUT2D eigenvalue weighted by atomic mass is 9.98. The molecule has 2 rings (SSSR count). The molecule has 5 heteroatoms. The lowest BCUT2D eigenvalue weighted by molar-refractivity contribution is 0.0693. The van der Waals surface area contributed by atoms with Crippen molar-refractivity contribution in [2.45, 2.75) is 26.9 Å². The second-order valence-corrected chi connectivity index (χ2v) is 5.66. The number of aromatic carboxylic acids is 1. The van der Waals surface area contributed by atoms with Crippen LogP contribution in [0.25, 0.3) is 12.2 Å². The first-order valence-corrected chi connectivity index (χ1v) is 7.49. The van der Waals surface area contributed by atoms with Crippen molar-refractivity contribution in [3.05, 3.63) is 58.4 Å². The van der Waals surface area contributed by atoms with Crippen LogP contribution in [0.3, 0.4) is 0 Å². The van der Waals surface area contributed by atoms with Crippen molar-refractivity contribution in [3.63, 3.8) is 0 Å². The van der Waals surface area contributed by atoms with E-state index in [1.54, 1.807) is 31.2 Å². The van der Waals surface area contributed by atoms with Crippen molar-refractivity contribution >= 4 is 18.1 Å². The summed E-state index contributed by atoms with van der Waals surface area (Å²) < 4.78 is 18.6. The highest BCUT2D eigenvalue weighted by atomic mass is 19.1. The van der Waals surface area contributed by atoms with Crippen molar-refractivity contribution in [2.24, 2.45) is 0 Å². The molecule has 0 fully saturated rings. The summed E-state index contributed by atoms with van der Waals surface area (Å²) in [5.74, 6) is -1.52. The van der Waals surface area contributed by atoms with E-state index < -0.39 is 5.97 Å². The fourth-order valence-electron chi connectivity index (χ4n) is 2.33. The van der Waals surface area contributed by atoms with Crippen LogP contribution < -0.4 is 4.74 Å². The van der Waals surface area contributed by atoms with E-state index in [1.807, 2.05) is 13.8 Å². The van der Waals surface area contributed by atoms with Crippen molar-refractivity contribution < 1.29 is 24.1 Å². The Kier molecular flexibility index (Phi) is 5.24. The molecule has 0 aliphatic carbocycles. The zero-order valence-corrected chi connectivity index (χ0v) is 13.7. The molecule has 126 valence electrons. The smallest absolute Gasteiger partial charge is 0.340 e. The Morgan fingerprint density at radius 2 is 1.83 bits per heavy atom. The minimum atomic E-state index is -1.23. The minimum absolute atomic E-state index is 0.118. The van der Waals surface area contributed by atoms with Crippen LogP contribution in [0.5, 0.6) is 11.5 Å². The van der Waals surface area contributed by atoms with Crippen LogP contribution in [-0.4, -0.2) is 22.3 Å². The zero-order valence-electron chi connectivity index (χ0n) is 13.7. The SMILES string of the molecule is Cc1c(OC(C)C)cc(O)c(C(=O)O)c1C=Cc1ccc(F)cc1. The van der Waals surface area contributed by atoms with Gasteiger partial charge in [0.05, 0.1) is 6.10 Å². The molecule has 0 radical (unpaired) electrons. The highest BCUT2D eigenvalue weighted by Gasteiger charge is 2.20. The normalized spacial score (nSPS) is 11.2. The summed E-state index contributed by atoms with van der Waals surface area (Å²) >= 11 is 0. The Hall–Kier alpha value is -2.82. The van der Waals surface area contributed by atoms with Gasteiger partial charge < -0.3 is 14.9 Å². The van der Waals surface area contributed by atoms with E-state index in [1.165, 1.54) is 18.2 Å². The van der Waals surface area contributed by atoms with Gasteiger partial charge in [-0.15, -0.1) is 0 Å². The monoisotopic (exact) mass is 330 g/mol. The Labute approximate surface area is 139 Å². The van der Waals surface area contributed by atoms with E-state index in [0.717, 1.165) is 0 Å². The van der Waals surface area contributed by atoms with Gasteiger partial charge in [-0.1, -0.05) is 24.3 Å². The second kappa shape index (κ2) is 7.17. The Morgan fingerprint density at radius 1 is 1.21 bits per heavy atom. The Bertz CT molecular complexity index is 777. The van der Waals surface area contributed by atoms with Crippen LogP contribution in [0.4, 0.5) is 4.39 Å². The summed E-state index contributed by atoms with van der Waals surface area (Å²) in [6.45, 7) is 5.42. The fourth-order valence-corrected chi connectivity index (χ4v) is 2.33. The van der Waals surface area contributed by atoms with Gasteiger partial charge in [0.1, 0.15) is 22.9 Å². The average molecular weight is 330 g/mol. The molecule has 0 heterocycles. The lowest BCUT2D eigenvalue weighted by Gasteiger charge is -2.16. The molecule has 4 nitrogen and oxygen atoms in total. The molecule has 0 atom stereocenters. The van der Waals surface area contributed by atoms with Gasteiger partial charge in [0.25, 0.3) is 0 Å². The van der Waals surface area contributed by atoms with E-state index in [4.69, 9.17) is 4.74 Å². The van der Waals surface area contributed by atoms with Crippen LogP contribution in [0.15, 0.2) is 30.3 Å². The maximum absolute atomic E-state index is 13.0. The van der Waals surface area contributed by atoms with Gasteiger partial charge in [0.15, 0.2) is 0 Å². The van der Waals surface area contributed by atoms with Crippen LogP contribution in [0.2, 0.25) is 0 Å². The number of carboxylic acids is 1. The summed E-state index contributed by atoms with van der Waals surface area (Å²) in [4.78, 5) is 11.5. The van der Waals surface area contributed by atoms with Gasteiger partial charge in [-0.25, -0.2) is 9.18 Å². The number of hydrogen-bond donors (Lipinski definition) is 2. The number of phenols is 1. The van der Waals surface area contributed by atoms with Gasteiger partial charge in [0.2, 0.25) is 0 Å². The highest BCUT2D eigenvalue weighted by Crippen LogP contribution is 2.34. The molecule has 2 N–H and O–H groups in total. The molecule has 2 aromatic rings. The van der Waals surface area contributed by atoms with Crippen molar-refractivity contribution in [3.8, 4) is 11.5 Å². The summed E-state index contributed by atoms with van der Waals surface area (Å²) in [5.41, 5.74) is 1.48. The fraction of sp³-hybridized carbons (Fsp3) is 0.211. The van der Waals surface area contributed by atoms with Crippen molar-refractivity contribution in [1.29, 1.82) is 0 Å². The number of aromatic hydroxyl groups is 1. The third-order valence-electron chi connectivity index (χ3n) is 3.46. The summed E-state index contributed by atoms with van der Waals surface area (Å²) in [7, 11) is 0. The Balaban J connectivity index is 2.54. The third kappa shape index (κ3) is 3.93. The number of carbonyl (C=O) groups is 1. The zero-order chi connectivity index (χ0) is 17.9. The molecule has 2 aromatic carbocycles. The van der Waals surface area contributed by atoms with E-state index in [0.29, 0.717) is 22.4 Å². The predicted octanol–water partition coefficient (Wildman–Crippen LogP) is 4.50. The highest BCUT2D eigenvalue weighted by molar-refractivity contribution is 5.97. The molecule has 0 aliphatic heterocycles. The van der Waals surface area contributed by atoms with Crippen LogP contribution in [-0.2, 0) is 0 Å². The molecule has 0 aliphatic rings. The summed E-state index contributed by atoms with van der Waals surface area (Å²) in [6.07, 6.45) is 3.12. The van der Waals surface area contributed by atoms with E-state index in [2.05, 4.69) is 0 Å². The molecule has 0 saturated heterocycles. The number of hydrogen-bond acceptors (Lipinski definition) is 3. The lowest BCUT2D eigenvalue weighted by Crippen LogP contribution is -2.09. The van der Waals surface area contributed by atoms with Gasteiger partial charge in [-0.2, -0.15) is 0 Å². The second-order valence-electron chi connectivity index (χ2n) is 5.66. The van der Waals surface area contributed by atoms with Crippen LogP contribution >= 0.6 is 0 Å². The van der Waals surface area contributed by atoms with Crippen molar-refractivity contribution in [2.75, 3.05) is 0 Å². The molecule has 0 bridgehead atoms. The number of carboxylic acid groups (broad SMARTS) is 1. The first-order chi connectivity index (χ1) is 11.3. The number of ether oxygens (including phenoxy) is 1. The summed E-state index contributed by atoms with van der Waals surface area (Å²) in [5, 5.41) is 19.5. The van der Waals surface area contributed by atoms with Gasteiger partial charge in [-0.3, -0.25) is 0 Å². The topological polar surface area (TPSA) is 66.8 Å². The number of benzene rings is 2. The summed E-state index contributed by atoms with van der Waals surface area (Å²) in [6, 6.07) is 7.11. The van der Waals surface area contributed by atoms with Gasteiger partial charge >= 0.3 is 5.97 Å².